The van der Waals surface area contributed by atoms with E-state index in [9.17, 15) is 9.59 Å². The second-order valence-electron chi connectivity index (χ2n) is 7.84. The van der Waals surface area contributed by atoms with Gasteiger partial charge in [-0.25, -0.2) is 0 Å². The number of thioether (sulfide) groups is 1. The van der Waals surface area contributed by atoms with Gasteiger partial charge in [0.2, 0.25) is 5.91 Å². The van der Waals surface area contributed by atoms with Crippen LogP contribution in [0.1, 0.15) is 96.8 Å². The monoisotopic (exact) mass is 395 g/mol. The quantitative estimate of drug-likeness (QED) is 0.194. The minimum absolute atomic E-state index is 0.107. The molecule has 2 aliphatic heterocycles. The van der Waals surface area contributed by atoms with E-state index in [1.807, 2.05) is 0 Å². The molecule has 0 bridgehead atoms. The fraction of sp³-hybridized carbons (Fsp3) is 0.818. The molecule has 0 aromatic carbocycles. The number of carbonyl (C=O) groups excluding carboxylic acids is 2. The summed E-state index contributed by atoms with van der Waals surface area (Å²) in [6.07, 6.45) is 22.6. The molecule has 1 N–H and O–H groups in total. The van der Waals surface area contributed by atoms with Crippen molar-refractivity contribution in [3.8, 4) is 0 Å². The van der Waals surface area contributed by atoms with Crippen LogP contribution in [0.3, 0.4) is 0 Å². The van der Waals surface area contributed by atoms with Crippen LogP contribution in [0.15, 0.2) is 12.2 Å². The Hall–Kier alpha value is -0.810. The van der Waals surface area contributed by atoms with Crippen LogP contribution < -0.4 is 5.32 Å². The van der Waals surface area contributed by atoms with E-state index in [2.05, 4.69) is 24.4 Å². The van der Waals surface area contributed by atoms with Crippen molar-refractivity contribution in [1.29, 1.82) is 0 Å². The van der Waals surface area contributed by atoms with Crippen LogP contribution in [-0.2, 0) is 9.53 Å². The molecule has 0 saturated carbocycles. The van der Waals surface area contributed by atoms with E-state index in [4.69, 9.17) is 4.74 Å². The number of epoxide rings is 1. The summed E-state index contributed by atoms with van der Waals surface area (Å²) in [4.78, 5) is 22.5. The molecule has 0 spiro atoms. The summed E-state index contributed by atoms with van der Waals surface area (Å²) in [6.45, 7) is 2.26. The van der Waals surface area contributed by atoms with Gasteiger partial charge in [-0.2, -0.15) is 0 Å². The van der Waals surface area contributed by atoms with Gasteiger partial charge < -0.3 is 4.74 Å². The molecule has 3 atom stereocenters. The highest BCUT2D eigenvalue weighted by molar-refractivity contribution is 8.15. The lowest BCUT2D eigenvalue weighted by atomic mass is 10.1. The van der Waals surface area contributed by atoms with Gasteiger partial charge in [0, 0.05) is 0 Å². The lowest BCUT2D eigenvalue weighted by Crippen LogP contribution is -2.23. The number of unbranched alkanes of at least 4 members (excludes halogenated alkanes) is 8. The van der Waals surface area contributed by atoms with Gasteiger partial charge >= 0.3 is 0 Å². The second kappa shape index (κ2) is 13.4. The summed E-state index contributed by atoms with van der Waals surface area (Å²) in [5.74, 6) is -0.107. The maximum Gasteiger partial charge on any atom is 0.286 e. The lowest BCUT2D eigenvalue weighted by Gasteiger charge is -2.03. The highest BCUT2D eigenvalue weighted by Gasteiger charge is 2.36. The van der Waals surface area contributed by atoms with Crippen LogP contribution in [-0.4, -0.2) is 28.6 Å². The first-order valence-electron chi connectivity index (χ1n) is 11.0. The molecule has 27 heavy (non-hydrogen) atoms. The zero-order chi connectivity index (χ0) is 19.3. The fourth-order valence-corrected chi connectivity index (χ4v) is 4.52. The molecule has 0 aromatic rings. The summed E-state index contributed by atoms with van der Waals surface area (Å²) < 4.78 is 5.77. The maximum atomic E-state index is 11.4. The number of hydrogen-bond acceptors (Lipinski definition) is 4. The molecule has 5 heteroatoms. The zero-order valence-corrected chi connectivity index (χ0v) is 17.7. The van der Waals surface area contributed by atoms with Gasteiger partial charge in [-0.05, 0) is 44.9 Å². The molecule has 0 radical (unpaired) electrons. The molecule has 4 nitrogen and oxygen atoms in total. The first kappa shape index (κ1) is 22.5. The SMILES string of the molecule is CCCCCCC1OC1CCCC/C=C/CCCCCC1SC(=O)NC1=O. The van der Waals surface area contributed by atoms with E-state index in [1.54, 1.807) is 0 Å². The summed E-state index contributed by atoms with van der Waals surface area (Å²) in [5.41, 5.74) is 0. The number of ether oxygens (including phenoxy) is 1. The van der Waals surface area contributed by atoms with Crippen LogP contribution in [0.5, 0.6) is 0 Å². The second-order valence-corrected chi connectivity index (χ2v) is 9.01. The van der Waals surface area contributed by atoms with Crippen molar-refractivity contribution in [3.05, 3.63) is 12.2 Å². The molecule has 2 heterocycles. The highest BCUT2D eigenvalue weighted by atomic mass is 32.2. The number of rotatable bonds is 16. The van der Waals surface area contributed by atoms with Crippen LogP contribution in [0.25, 0.3) is 0 Å². The van der Waals surface area contributed by atoms with Crippen LogP contribution in [0, 0.1) is 0 Å². The van der Waals surface area contributed by atoms with Gasteiger partial charge in [-0.3, -0.25) is 14.9 Å². The van der Waals surface area contributed by atoms with E-state index in [1.165, 1.54) is 64.2 Å². The van der Waals surface area contributed by atoms with Gasteiger partial charge in [-0.15, -0.1) is 0 Å². The number of hydrogen-bond donors (Lipinski definition) is 1. The van der Waals surface area contributed by atoms with Gasteiger partial charge in [-0.1, -0.05) is 75.8 Å². The molecule has 2 aliphatic rings. The van der Waals surface area contributed by atoms with Crippen molar-refractivity contribution in [2.45, 2.75) is 114 Å². The van der Waals surface area contributed by atoms with E-state index < -0.39 is 0 Å². The number of allylic oxidation sites excluding steroid dienone is 2. The topological polar surface area (TPSA) is 58.7 Å². The van der Waals surface area contributed by atoms with E-state index in [-0.39, 0.29) is 16.4 Å². The number of nitrogens with one attached hydrogen (secondary N) is 1. The molecule has 154 valence electrons. The van der Waals surface area contributed by atoms with Gasteiger partial charge in [0.1, 0.15) is 0 Å². The Bertz CT molecular complexity index is 480. The summed E-state index contributed by atoms with van der Waals surface area (Å²) >= 11 is 1.14. The highest BCUT2D eigenvalue weighted by Crippen LogP contribution is 2.31. The molecular formula is C22H37NO3S. The first-order valence-corrected chi connectivity index (χ1v) is 11.9. The average molecular weight is 396 g/mol. The van der Waals surface area contributed by atoms with Crippen molar-refractivity contribution in [3.63, 3.8) is 0 Å². The predicted molar refractivity (Wildman–Crippen MR) is 113 cm³/mol. The third-order valence-electron chi connectivity index (χ3n) is 5.41. The Labute approximate surface area is 169 Å². The Morgan fingerprint density at radius 2 is 1.44 bits per heavy atom. The van der Waals surface area contributed by atoms with Crippen LogP contribution in [0.2, 0.25) is 0 Å². The Kier molecular flexibility index (Phi) is 11.1. The van der Waals surface area contributed by atoms with Crippen molar-refractivity contribution >= 4 is 22.9 Å². The van der Waals surface area contributed by atoms with Gasteiger partial charge in [0.15, 0.2) is 0 Å². The molecule has 2 rings (SSSR count). The molecule has 0 aliphatic carbocycles. The van der Waals surface area contributed by atoms with E-state index in [0.717, 1.165) is 37.4 Å². The van der Waals surface area contributed by atoms with Gasteiger partial charge in [0.05, 0.1) is 17.5 Å². The lowest BCUT2D eigenvalue weighted by molar-refractivity contribution is -0.119. The minimum Gasteiger partial charge on any atom is -0.370 e. The zero-order valence-electron chi connectivity index (χ0n) is 16.9. The average Bonchev–Trinajstić information content (AvgIpc) is 3.32. The molecule has 2 saturated heterocycles. The molecule has 0 aromatic heterocycles. The molecule has 2 amide bonds. The number of carbonyl (C=O) groups is 2. The smallest absolute Gasteiger partial charge is 0.286 e. The number of amides is 2. The van der Waals surface area contributed by atoms with E-state index >= 15 is 0 Å². The normalized spacial score (nSPS) is 24.7. The Morgan fingerprint density at radius 1 is 0.852 bits per heavy atom. The first-order chi connectivity index (χ1) is 13.2. The summed E-state index contributed by atoms with van der Waals surface area (Å²) in [5, 5.41) is 2.00. The third-order valence-corrected chi connectivity index (χ3v) is 6.46. The molecular weight excluding hydrogens is 358 g/mol. The van der Waals surface area contributed by atoms with Crippen molar-refractivity contribution < 1.29 is 14.3 Å². The van der Waals surface area contributed by atoms with E-state index in [0.29, 0.717) is 12.2 Å². The summed E-state index contributed by atoms with van der Waals surface area (Å²) in [6, 6.07) is 0. The largest absolute Gasteiger partial charge is 0.370 e. The van der Waals surface area contributed by atoms with Crippen LogP contribution >= 0.6 is 11.8 Å². The number of imide groups is 1. The summed E-state index contributed by atoms with van der Waals surface area (Å²) in [7, 11) is 0. The fourth-order valence-electron chi connectivity index (χ4n) is 3.65. The Morgan fingerprint density at radius 3 is 2.07 bits per heavy atom. The van der Waals surface area contributed by atoms with Crippen molar-refractivity contribution in [2.75, 3.05) is 0 Å². The Balaban J connectivity index is 1.32. The molecule has 2 fully saturated rings. The minimum atomic E-state index is -0.191. The third kappa shape index (κ3) is 9.79. The van der Waals surface area contributed by atoms with Crippen molar-refractivity contribution in [2.24, 2.45) is 0 Å². The standard InChI is InChI=1S/C22H37NO3S/c1-2-3-4-12-15-18-19(26-18)16-13-10-8-6-5-7-9-11-14-17-20-21(24)23-22(25)27-20/h5-6,18-20H,2-4,7-17H2,1H3,(H,23,24,25)/b6-5+. The van der Waals surface area contributed by atoms with Gasteiger partial charge in [0.25, 0.3) is 5.24 Å². The predicted octanol–water partition coefficient (Wildman–Crippen LogP) is 6.14. The van der Waals surface area contributed by atoms with Crippen molar-refractivity contribution in [1.82, 2.24) is 5.32 Å². The molecule has 3 unspecified atom stereocenters. The maximum absolute atomic E-state index is 11.4. The van der Waals surface area contributed by atoms with Crippen LogP contribution in [0.4, 0.5) is 4.79 Å².